The smallest absolute Gasteiger partial charge is 0.128 e. The van der Waals surface area contributed by atoms with Crippen molar-refractivity contribution in [1.82, 2.24) is 4.98 Å². The van der Waals surface area contributed by atoms with Gasteiger partial charge >= 0.3 is 0 Å². The van der Waals surface area contributed by atoms with E-state index in [-0.39, 0.29) is 5.41 Å². The molecule has 1 aromatic rings. The maximum atomic E-state index is 5.04. The van der Waals surface area contributed by atoms with Gasteiger partial charge in [0.05, 0.1) is 5.69 Å². The zero-order chi connectivity index (χ0) is 13.5. The first-order valence-electron chi connectivity index (χ1n) is 7.81. The molecule has 2 heteroatoms. The lowest BCUT2D eigenvalue weighted by Crippen LogP contribution is -2.34. The van der Waals surface area contributed by atoms with Gasteiger partial charge in [-0.1, -0.05) is 26.8 Å². The van der Waals surface area contributed by atoms with Gasteiger partial charge in [-0.3, -0.25) is 0 Å². The van der Waals surface area contributed by atoms with E-state index in [1.54, 1.807) is 0 Å². The standard InChI is InChI=1S/C17H26N2/c1-13-8-11-19(12-9-13)15-7-6-14-5-4-10-17(2,3)16(14)18-15/h6-7,13H,4-5,8-12H2,1-3H3. The highest BCUT2D eigenvalue weighted by Crippen LogP contribution is 2.36. The molecule has 2 aliphatic rings. The van der Waals surface area contributed by atoms with E-state index < -0.39 is 0 Å². The van der Waals surface area contributed by atoms with E-state index in [4.69, 9.17) is 4.98 Å². The van der Waals surface area contributed by atoms with Gasteiger partial charge < -0.3 is 4.90 Å². The molecule has 2 heterocycles. The number of piperidine rings is 1. The number of nitrogens with zero attached hydrogens (tertiary/aromatic N) is 2. The number of anilines is 1. The van der Waals surface area contributed by atoms with Crippen LogP contribution in [-0.2, 0) is 11.8 Å². The second kappa shape index (κ2) is 4.81. The lowest BCUT2D eigenvalue weighted by Gasteiger charge is -2.35. The van der Waals surface area contributed by atoms with Crippen LogP contribution >= 0.6 is 0 Å². The zero-order valence-corrected chi connectivity index (χ0v) is 12.6. The Labute approximate surface area is 117 Å². The van der Waals surface area contributed by atoms with Gasteiger partial charge in [0, 0.05) is 18.5 Å². The lowest BCUT2D eigenvalue weighted by atomic mass is 9.76. The third kappa shape index (κ3) is 2.50. The van der Waals surface area contributed by atoms with Crippen molar-refractivity contribution in [2.45, 2.75) is 58.3 Å². The molecule has 1 aliphatic heterocycles. The Morgan fingerprint density at radius 3 is 2.68 bits per heavy atom. The molecule has 0 amide bonds. The highest BCUT2D eigenvalue weighted by atomic mass is 15.2. The van der Waals surface area contributed by atoms with Gasteiger partial charge in [-0.2, -0.15) is 0 Å². The van der Waals surface area contributed by atoms with Crippen molar-refractivity contribution in [2.24, 2.45) is 5.92 Å². The Hall–Kier alpha value is -1.05. The topological polar surface area (TPSA) is 16.1 Å². The van der Waals surface area contributed by atoms with Gasteiger partial charge in [-0.25, -0.2) is 4.98 Å². The molecule has 0 saturated carbocycles. The summed E-state index contributed by atoms with van der Waals surface area (Å²) in [5.41, 5.74) is 3.09. The van der Waals surface area contributed by atoms with E-state index in [2.05, 4.69) is 37.8 Å². The van der Waals surface area contributed by atoms with Crippen LogP contribution in [0, 0.1) is 5.92 Å². The third-order valence-electron chi connectivity index (χ3n) is 4.96. The van der Waals surface area contributed by atoms with Crippen molar-refractivity contribution in [2.75, 3.05) is 18.0 Å². The molecule has 0 spiro atoms. The Balaban J connectivity index is 1.88. The fourth-order valence-corrected chi connectivity index (χ4v) is 3.52. The molecular formula is C17H26N2. The predicted molar refractivity (Wildman–Crippen MR) is 80.8 cm³/mol. The number of fused-ring (bicyclic) bond motifs is 1. The first kappa shape index (κ1) is 13.0. The summed E-state index contributed by atoms with van der Waals surface area (Å²) < 4.78 is 0. The molecule has 1 fully saturated rings. The first-order chi connectivity index (χ1) is 9.06. The summed E-state index contributed by atoms with van der Waals surface area (Å²) in [5, 5.41) is 0. The molecule has 0 radical (unpaired) electrons. The summed E-state index contributed by atoms with van der Waals surface area (Å²) in [7, 11) is 0. The monoisotopic (exact) mass is 258 g/mol. The summed E-state index contributed by atoms with van der Waals surface area (Å²) in [6.07, 6.45) is 6.41. The highest BCUT2D eigenvalue weighted by molar-refractivity contribution is 5.44. The fraction of sp³-hybridized carbons (Fsp3) is 0.706. The number of rotatable bonds is 1. The molecule has 0 unspecified atom stereocenters. The largest absolute Gasteiger partial charge is 0.357 e. The lowest BCUT2D eigenvalue weighted by molar-refractivity contribution is 0.413. The van der Waals surface area contributed by atoms with Crippen LogP contribution in [0.3, 0.4) is 0 Å². The number of hydrogen-bond donors (Lipinski definition) is 0. The zero-order valence-electron chi connectivity index (χ0n) is 12.6. The van der Waals surface area contributed by atoms with Crippen molar-refractivity contribution >= 4 is 5.82 Å². The SMILES string of the molecule is CC1CCN(c2ccc3c(n2)C(C)(C)CCC3)CC1. The first-order valence-corrected chi connectivity index (χ1v) is 7.81. The summed E-state index contributed by atoms with van der Waals surface area (Å²) >= 11 is 0. The molecule has 2 nitrogen and oxygen atoms in total. The maximum absolute atomic E-state index is 5.04. The van der Waals surface area contributed by atoms with Gasteiger partial charge in [0.25, 0.3) is 0 Å². The van der Waals surface area contributed by atoms with Crippen molar-refractivity contribution in [3.05, 3.63) is 23.4 Å². The van der Waals surface area contributed by atoms with Crippen LogP contribution in [-0.4, -0.2) is 18.1 Å². The van der Waals surface area contributed by atoms with Crippen LogP contribution in [0.5, 0.6) is 0 Å². The summed E-state index contributed by atoms with van der Waals surface area (Å²) in [6, 6.07) is 4.58. The van der Waals surface area contributed by atoms with Gasteiger partial charge in [-0.05, 0) is 49.7 Å². The van der Waals surface area contributed by atoms with Crippen molar-refractivity contribution in [3.63, 3.8) is 0 Å². The molecule has 0 atom stereocenters. The van der Waals surface area contributed by atoms with Gasteiger partial charge in [0.2, 0.25) is 0 Å². The maximum Gasteiger partial charge on any atom is 0.128 e. The van der Waals surface area contributed by atoms with Crippen LogP contribution in [0.15, 0.2) is 12.1 Å². The number of aryl methyl sites for hydroxylation is 1. The van der Waals surface area contributed by atoms with Crippen LogP contribution in [0.1, 0.15) is 57.7 Å². The van der Waals surface area contributed by atoms with Gasteiger partial charge in [0.1, 0.15) is 5.82 Å². The average Bonchev–Trinajstić information content (AvgIpc) is 2.39. The van der Waals surface area contributed by atoms with E-state index in [1.807, 2.05) is 0 Å². The molecule has 1 saturated heterocycles. The van der Waals surface area contributed by atoms with Crippen molar-refractivity contribution in [3.8, 4) is 0 Å². The minimum absolute atomic E-state index is 0.257. The quantitative estimate of drug-likeness (QED) is 0.758. The summed E-state index contributed by atoms with van der Waals surface area (Å²) in [6.45, 7) is 9.40. The molecule has 104 valence electrons. The van der Waals surface area contributed by atoms with Gasteiger partial charge in [0.15, 0.2) is 0 Å². The minimum Gasteiger partial charge on any atom is -0.357 e. The predicted octanol–water partition coefficient (Wildman–Crippen LogP) is 3.93. The van der Waals surface area contributed by atoms with E-state index in [0.29, 0.717) is 0 Å². The van der Waals surface area contributed by atoms with Crippen molar-refractivity contribution in [1.29, 1.82) is 0 Å². The molecule has 1 aliphatic carbocycles. The van der Waals surface area contributed by atoms with Crippen LogP contribution < -0.4 is 4.90 Å². The van der Waals surface area contributed by atoms with Crippen molar-refractivity contribution < 1.29 is 0 Å². The van der Waals surface area contributed by atoms with E-state index >= 15 is 0 Å². The number of pyridine rings is 1. The van der Waals surface area contributed by atoms with Gasteiger partial charge in [-0.15, -0.1) is 0 Å². The second-order valence-corrected chi connectivity index (χ2v) is 7.08. The third-order valence-corrected chi connectivity index (χ3v) is 4.96. The summed E-state index contributed by atoms with van der Waals surface area (Å²) in [4.78, 5) is 7.52. The van der Waals surface area contributed by atoms with Crippen LogP contribution in [0.4, 0.5) is 5.82 Å². The Morgan fingerprint density at radius 2 is 1.95 bits per heavy atom. The Morgan fingerprint density at radius 1 is 1.21 bits per heavy atom. The van der Waals surface area contributed by atoms with E-state index in [0.717, 1.165) is 5.92 Å². The Kier molecular flexibility index (Phi) is 3.28. The van der Waals surface area contributed by atoms with Crippen LogP contribution in [0.2, 0.25) is 0 Å². The van der Waals surface area contributed by atoms with E-state index in [9.17, 15) is 0 Å². The molecule has 0 aromatic carbocycles. The molecule has 19 heavy (non-hydrogen) atoms. The molecule has 0 bridgehead atoms. The minimum atomic E-state index is 0.257. The molecule has 0 N–H and O–H groups in total. The summed E-state index contributed by atoms with van der Waals surface area (Å²) in [5.74, 6) is 2.09. The molecular weight excluding hydrogens is 232 g/mol. The Bertz CT molecular complexity index is 456. The molecule has 1 aromatic heterocycles. The average molecular weight is 258 g/mol. The normalized spacial score (nSPS) is 23.2. The molecule has 3 rings (SSSR count). The van der Waals surface area contributed by atoms with E-state index in [1.165, 1.54) is 62.3 Å². The second-order valence-electron chi connectivity index (χ2n) is 7.08. The number of aromatic nitrogens is 1. The van der Waals surface area contributed by atoms with Crippen LogP contribution in [0.25, 0.3) is 0 Å². The number of hydrogen-bond acceptors (Lipinski definition) is 2. The highest BCUT2D eigenvalue weighted by Gasteiger charge is 2.29. The fourth-order valence-electron chi connectivity index (χ4n) is 3.52.